The number of nitrogens with two attached hydrogens (primary N) is 1. The van der Waals surface area contributed by atoms with E-state index in [4.69, 9.17) is 26.8 Å². The summed E-state index contributed by atoms with van der Waals surface area (Å²) in [5, 5.41) is 18.1. The predicted molar refractivity (Wildman–Crippen MR) is 150 cm³/mol. The molecule has 2 aliphatic heterocycles. The number of alkyl halides is 1. The molecular formula is C26H33ClFN10O+. The van der Waals surface area contributed by atoms with Crippen LogP contribution >= 0.6 is 11.6 Å². The van der Waals surface area contributed by atoms with Gasteiger partial charge < -0.3 is 20.0 Å². The maximum atomic E-state index is 12.9. The van der Waals surface area contributed by atoms with E-state index in [1.165, 1.54) is 6.20 Å². The minimum absolute atomic E-state index is 0.138. The van der Waals surface area contributed by atoms with E-state index in [0.717, 1.165) is 31.4 Å². The number of rotatable bonds is 8. The number of nitrogens with zero attached hydrogens (tertiary/aromatic N) is 7. The van der Waals surface area contributed by atoms with Crippen LogP contribution in [-0.2, 0) is 12.5 Å². The molecule has 0 radical (unpaired) electrons. The standard InChI is InChI=1S/C26H32ClFN10O/c1-26(2,3)20-11-21(35-38(20)16-5-9-37(15-16)10-6-28)33-25-34-24-23(36(25)4)22(27)19(14-32-24)39-18(12-29)17-13-30-7-8-31-17/h7-8,11-14,16,29,31H,5-6,9-10,15H2,1-4H3,(H,32,33,34,35)/p+1/b18-17+,29-12?/t16-/m1/s1. The van der Waals surface area contributed by atoms with Crippen molar-refractivity contribution >= 4 is 47.0 Å². The molecule has 0 saturated carbocycles. The number of hydrogen-bond acceptors (Lipinski definition) is 8. The maximum absolute atomic E-state index is 12.9. The lowest BCUT2D eigenvalue weighted by Crippen LogP contribution is -2.77. The number of likely N-dealkylation sites (tertiary alicyclic amines) is 1. The van der Waals surface area contributed by atoms with Crippen LogP contribution in [0.1, 0.15) is 38.9 Å². The molecule has 1 saturated heterocycles. The molecule has 3 aromatic heterocycles. The molecule has 0 aromatic carbocycles. The van der Waals surface area contributed by atoms with Crippen molar-refractivity contribution in [2.24, 2.45) is 12.0 Å². The van der Waals surface area contributed by atoms with E-state index in [1.807, 2.05) is 13.1 Å². The number of halogens is 2. The number of pyridine rings is 1. The molecule has 1 fully saturated rings. The van der Waals surface area contributed by atoms with Crippen molar-refractivity contribution in [2.45, 2.75) is 38.6 Å². The van der Waals surface area contributed by atoms with Crippen molar-refractivity contribution < 1.29 is 14.4 Å². The molecule has 5 heterocycles. The fraction of sp³-hybridized carbons (Fsp3) is 0.423. The molecule has 5 rings (SSSR count). The fourth-order valence-corrected chi connectivity index (χ4v) is 5.14. The van der Waals surface area contributed by atoms with E-state index >= 15 is 0 Å². The van der Waals surface area contributed by atoms with Crippen LogP contribution in [-0.4, -0.2) is 68.0 Å². The lowest BCUT2D eigenvalue weighted by atomic mass is 9.91. The Kier molecular flexibility index (Phi) is 7.52. The lowest BCUT2D eigenvalue weighted by Gasteiger charge is -2.23. The summed E-state index contributed by atoms with van der Waals surface area (Å²) >= 11 is 6.76. The highest BCUT2D eigenvalue weighted by Crippen LogP contribution is 2.35. The van der Waals surface area contributed by atoms with Crippen molar-refractivity contribution in [3.63, 3.8) is 0 Å². The minimum atomic E-state index is -0.342. The number of hydrogen-bond donors (Lipinski definition) is 3. The van der Waals surface area contributed by atoms with Crippen LogP contribution in [0.25, 0.3) is 11.2 Å². The highest BCUT2D eigenvalue weighted by Gasteiger charge is 2.30. The summed E-state index contributed by atoms with van der Waals surface area (Å²) in [7, 11) is 1.84. The maximum Gasteiger partial charge on any atom is 0.210 e. The molecule has 0 aliphatic carbocycles. The number of aliphatic imine (C=N–C) groups is 1. The van der Waals surface area contributed by atoms with Gasteiger partial charge in [-0.3, -0.25) is 19.9 Å². The molecule has 0 amide bonds. The zero-order valence-electron chi connectivity index (χ0n) is 22.4. The van der Waals surface area contributed by atoms with Gasteiger partial charge in [0.2, 0.25) is 11.7 Å². The molecule has 2 aliphatic rings. The number of imidazole rings is 1. The van der Waals surface area contributed by atoms with Crippen LogP contribution in [0.4, 0.5) is 16.2 Å². The Morgan fingerprint density at radius 2 is 2.21 bits per heavy atom. The Morgan fingerprint density at radius 3 is 2.90 bits per heavy atom. The summed E-state index contributed by atoms with van der Waals surface area (Å²) in [5.74, 6) is 1.78. The minimum Gasteiger partial charge on any atom is -0.446 e. The summed E-state index contributed by atoms with van der Waals surface area (Å²) in [4.78, 5) is 15.3. The molecule has 4 N–H and O–H groups in total. The van der Waals surface area contributed by atoms with Gasteiger partial charge in [-0.25, -0.2) is 9.37 Å². The van der Waals surface area contributed by atoms with Crippen molar-refractivity contribution in [2.75, 3.05) is 31.6 Å². The van der Waals surface area contributed by atoms with Crippen LogP contribution in [0.2, 0.25) is 5.02 Å². The molecule has 3 aromatic rings. The first kappa shape index (κ1) is 27.0. The first-order valence-corrected chi connectivity index (χ1v) is 13.2. The van der Waals surface area contributed by atoms with Gasteiger partial charge in [0.1, 0.15) is 23.4 Å². The Labute approximate surface area is 230 Å². The molecule has 0 spiro atoms. The SMILES string of the molecule is Cn1c(Nc2cc(C(C)(C)C)n([C@@H]3CCN(CCF)C3)n2)nc2ncc(O/C(C=N)=C3\C=NC=C[NH2+]3)c(Cl)c21. The van der Waals surface area contributed by atoms with Crippen LogP contribution in [0.15, 0.2) is 41.1 Å². The molecule has 13 heteroatoms. The topological polar surface area (TPSA) is 126 Å². The van der Waals surface area contributed by atoms with Gasteiger partial charge >= 0.3 is 0 Å². The van der Waals surface area contributed by atoms with Gasteiger partial charge in [0.05, 0.1) is 30.9 Å². The molecule has 1 atom stereocenters. The van der Waals surface area contributed by atoms with E-state index in [2.05, 4.69) is 50.6 Å². The van der Waals surface area contributed by atoms with Crippen molar-refractivity contribution in [3.05, 3.63) is 46.8 Å². The first-order chi connectivity index (χ1) is 18.7. The molecule has 0 bridgehead atoms. The highest BCUT2D eigenvalue weighted by molar-refractivity contribution is 6.36. The van der Waals surface area contributed by atoms with Gasteiger partial charge in [-0.05, 0) is 6.42 Å². The van der Waals surface area contributed by atoms with E-state index in [1.54, 1.807) is 28.5 Å². The second-order valence-corrected chi connectivity index (χ2v) is 11.0. The van der Waals surface area contributed by atoms with E-state index < -0.39 is 0 Å². The molecule has 0 unspecified atom stereocenters. The van der Waals surface area contributed by atoms with Crippen molar-refractivity contribution in [3.8, 4) is 5.75 Å². The molecule has 11 nitrogen and oxygen atoms in total. The van der Waals surface area contributed by atoms with Crippen LogP contribution < -0.4 is 15.4 Å². The number of allylic oxidation sites excluding steroid dienone is 2. The summed E-state index contributed by atoms with van der Waals surface area (Å²) in [6.07, 6.45) is 8.56. The second kappa shape index (κ2) is 10.9. The Bertz CT molecular complexity index is 1480. The average molecular weight is 556 g/mol. The zero-order valence-corrected chi connectivity index (χ0v) is 23.2. The number of nitrogens with one attached hydrogen (secondary N) is 2. The zero-order chi connectivity index (χ0) is 27.7. The van der Waals surface area contributed by atoms with Crippen LogP contribution in [0, 0.1) is 5.41 Å². The van der Waals surface area contributed by atoms with E-state index in [0.29, 0.717) is 51.7 Å². The Balaban J connectivity index is 1.44. The number of aryl methyl sites for hydroxylation is 1. The number of anilines is 2. The Morgan fingerprint density at radius 1 is 1.38 bits per heavy atom. The summed E-state index contributed by atoms with van der Waals surface area (Å²) in [5.41, 5.74) is 2.63. The van der Waals surface area contributed by atoms with Gasteiger partial charge in [-0.15, -0.1) is 0 Å². The quantitative estimate of drug-likeness (QED) is 0.289. The Hall–Kier alpha value is -3.61. The van der Waals surface area contributed by atoms with Crippen LogP contribution in [0.3, 0.4) is 0 Å². The van der Waals surface area contributed by atoms with Crippen molar-refractivity contribution in [1.82, 2.24) is 29.2 Å². The third-order valence-electron chi connectivity index (χ3n) is 6.84. The second-order valence-electron chi connectivity index (χ2n) is 10.6. The number of quaternary nitrogens is 1. The normalized spacial score (nSPS) is 19.2. The van der Waals surface area contributed by atoms with Gasteiger partial charge in [0.25, 0.3) is 0 Å². The summed E-state index contributed by atoms with van der Waals surface area (Å²) in [6.45, 7) is 8.21. The van der Waals surface area contributed by atoms with Gasteiger partial charge in [0.15, 0.2) is 22.9 Å². The van der Waals surface area contributed by atoms with Gasteiger partial charge in [0, 0.05) is 43.9 Å². The fourth-order valence-electron chi connectivity index (χ4n) is 4.84. The van der Waals surface area contributed by atoms with Crippen molar-refractivity contribution in [1.29, 1.82) is 5.41 Å². The lowest BCUT2D eigenvalue weighted by molar-refractivity contribution is -0.528. The first-order valence-electron chi connectivity index (χ1n) is 12.8. The molecule has 206 valence electrons. The third kappa shape index (κ3) is 5.45. The number of fused-ring (bicyclic) bond motifs is 1. The summed E-state index contributed by atoms with van der Waals surface area (Å²) < 4.78 is 22.7. The number of aromatic nitrogens is 5. The summed E-state index contributed by atoms with van der Waals surface area (Å²) in [6, 6.07) is 2.22. The van der Waals surface area contributed by atoms with E-state index in [9.17, 15) is 4.39 Å². The van der Waals surface area contributed by atoms with Gasteiger partial charge in [-0.2, -0.15) is 10.1 Å². The van der Waals surface area contributed by atoms with Crippen LogP contribution in [0.5, 0.6) is 5.75 Å². The van der Waals surface area contributed by atoms with E-state index in [-0.39, 0.29) is 18.1 Å². The molecule has 39 heavy (non-hydrogen) atoms. The smallest absolute Gasteiger partial charge is 0.210 e. The van der Waals surface area contributed by atoms with Gasteiger partial charge in [-0.1, -0.05) is 32.4 Å². The third-order valence-corrected chi connectivity index (χ3v) is 7.21. The predicted octanol–water partition coefficient (Wildman–Crippen LogP) is 3.43. The monoisotopic (exact) mass is 555 g/mol. The molecular weight excluding hydrogens is 523 g/mol. The largest absolute Gasteiger partial charge is 0.446 e. The highest BCUT2D eigenvalue weighted by atomic mass is 35.5. The number of ether oxygens (including phenoxy) is 1. The average Bonchev–Trinajstić information content (AvgIpc) is 3.62.